The van der Waals surface area contributed by atoms with E-state index in [-0.39, 0.29) is 0 Å². The molecule has 1 aromatic rings. The van der Waals surface area contributed by atoms with Crippen molar-refractivity contribution in [2.45, 2.75) is 0 Å². The Bertz CT molecular complexity index is 124. The van der Waals surface area contributed by atoms with Gasteiger partial charge in [0.1, 0.15) is 5.82 Å². The standard InChI is InChI=1S/C4H6N2S/c1-5-4-2-7-3-6-4/h2-3,5H,1H3. The number of thiazole rings is 1. The lowest BCUT2D eigenvalue weighted by Crippen LogP contribution is -1.84. The van der Waals surface area contributed by atoms with Gasteiger partial charge < -0.3 is 5.32 Å². The Morgan fingerprint density at radius 2 is 2.71 bits per heavy atom. The maximum Gasteiger partial charge on any atom is 0.136 e. The Morgan fingerprint density at radius 3 is 3.00 bits per heavy atom. The molecule has 1 N–H and O–H groups in total. The molecule has 0 aliphatic rings. The maximum absolute atomic E-state index is 3.94. The van der Waals surface area contributed by atoms with Gasteiger partial charge in [-0.05, 0) is 0 Å². The first-order valence-electron chi connectivity index (χ1n) is 1.99. The Hall–Kier alpha value is -0.570. The zero-order valence-corrected chi connectivity index (χ0v) is 4.83. The molecule has 38 valence electrons. The van der Waals surface area contributed by atoms with E-state index >= 15 is 0 Å². The van der Waals surface area contributed by atoms with Crippen molar-refractivity contribution in [3.05, 3.63) is 10.9 Å². The van der Waals surface area contributed by atoms with Gasteiger partial charge in [0, 0.05) is 12.4 Å². The van der Waals surface area contributed by atoms with Gasteiger partial charge >= 0.3 is 0 Å². The number of hydrogen-bond acceptors (Lipinski definition) is 3. The summed E-state index contributed by atoms with van der Waals surface area (Å²) in [5.74, 6) is 0.949. The Morgan fingerprint density at radius 1 is 1.86 bits per heavy atom. The minimum atomic E-state index is 0.949. The summed E-state index contributed by atoms with van der Waals surface area (Å²) >= 11 is 1.59. The van der Waals surface area contributed by atoms with Gasteiger partial charge in [0.25, 0.3) is 0 Å². The van der Waals surface area contributed by atoms with Crippen molar-refractivity contribution in [1.82, 2.24) is 4.98 Å². The molecule has 0 aliphatic heterocycles. The summed E-state index contributed by atoms with van der Waals surface area (Å²) in [6, 6.07) is 0. The highest BCUT2D eigenvalue weighted by Gasteiger charge is 1.82. The summed E-state index contributed by atoms with van der Waals surface area (Å²) in [5.41, 5.74) is 1.80. The van der Waals surface area contributed by atoms with E-state index in [2.05, 4.69) is 10.3 Å². The van der Waals surface area contributed by atoms with Gasteiger partial charge in [0.05, 0.1) is 5.51 Å². The van der Waals surface area contributed by atoms with E-state index in [1.807, 2.05) is 12.4 Å². The van der Waals surface area contributed by atoms with E-state index in [0.29, 0.717) is 0 Å². The van der Waals surface area contributed by atoms with E-state index in [4.69, 9.17) is 0 Å². The first kappa shape index (κ1) is 4.59. The van der Waals surface area contributed by atoms with Gasteiger partial charge in [-0.1, -0.05) is 0 Å². The molecule has 0 fully saturated rings. The molecule has 0 amide bonds. The maximum atomic E-state index is 3.94. The average Bonchev–Trinajstić information content (AvgIpc) is 2.14. The summed E-state index contributed by atoms with van der Waals surface area (Å²) in [6.07, 6.45) is 0. The van der Waals surface area contributed by atoms with Crippen LogP contribution in [0, 0.1) is 0 Å². The fourth-order valence-corrected chi connectivity index (χ4v) is 0.879. The lowest BCUT2D eigenvalue weighted by Gasteiger charge is -1.84. The van der Waals surface area contributed by atoms with Gasteiger partial charge in [0.2, 0.25) is 0 Å². The first-order chi connectivity index (χ1) is 3.43. The predicted molar refractivity (Wildman–Crippen MR) is 31.7 cm³/mol. The second-order valence-electron chi connectivity index (χ2n) is 1.12. The normalized spacial score (nSPS) is 8.71. The molecule has 1 heterocycles. The van der Waals surface area contributed by atoms with E-state index in [0.717, 1.165) is 5.82 Å². The molecule has 0 aromatic carbocycles. The van der Waals surface area contributed by atoms with Crippen molar-refractivity contribution < 1.29 is 0 Å². The fourth-order valence-electron chi connectivity index (χ4n) is 0.336. The number of hydrogen-bond donors (Lipinski definition) is 1. The van der Waals surface area contributed by atoms with Crippen molar-refractivity contribution in [2.24, 2.45) is 0 Å². The molecule has 0 bridgehead atoms. The number of nitrogens with zero attached hydrogens (tertiary/aromatic N) is 1. The minimum absolute atomic E-state index is 0.949. The molecule has 0 aliphatic carbocycles. The summed E-state index contributed by atoms with van der Waals surface area (Å²) in [7, 11) is 1.86. The van der Waals surface area contributed by atoms with Crippen LogP contribution in [0.5, 0.6) is 0 Å². The van der Waals surface area contributed by atoms with Crippen LogP contribution in [0.3, 0.4) is 0 Å². The molecule has 0 unspecified atom stereocenters. The zero-order chi connectivity index (χ0) is 5.11. The summed E-state index contributed by atoms with van der Waals surface area (Å²) < 4.78 is 0. The molecule has 0 saturated heterocycles. The van der Waals surface area contributed by atoms with Crippen LogP contribution in [0.4, 0.5) is 5.82 Å². The highest BCUT2D eigenvalue weighted by Crippen LogP contribution is 2.03. The van der Waals surface area contributed by atoms with Crippen molar-refractivity contribution >= 4 is 17.2 Å². The lowest BCUT2D eigenvalue weighted by molar-refractivity contribution is 1.35. The van der Waals surface area contributed by atoms with Crippen LogP contribution < -0.4 is 5.32 Å². The molecule has 0 spiro atoms. The summed E-state index contributed by atoms with van der Waals surface area (Å²) in [5, 5.41) is 4.86. The van der Waals surface area contributed by atoms with E-state index in [1.165, 1.54) is 0 Å². The van der Waals surface area contributed by atoms with E-state index < -0.39 is 0 Å². The first-order valence-corrected chi connectivity index (χ1v) is 2.93. The molecule has 0 atom stereocenters. The summed E-state index contributed by atoms with van der Waals surface area (Å²) in [4.78, 5) is 3.94. The molecule has 0 saturated carbocycles. The number of aromatic nitrogens is 1. The third-order valence-electron chi connectivity index (χ3n) is 0.688. The summed E-state index contributed by atoms with van der Waals surface area (Å²) in [6.45, 7) is 0. The Kier molecular flexibility index (Phi) is 1.26. The quantitative estimate of drug-likeness (QED) is 0.593. The van der Waals surface area contributed by atoms with Crippen LogP contribution in [-0.2, 0) is 0 Å². The molecule has 2 nitrogen and oxygen atoms in total. The van der Waals surface area contributed by atoms with E-state index in [1.54, 1.807) is 16.8 Å². The molecule has 1 aromatic heterocycles. The molecule has 1 rings (SSSR count). The monoisotopic (exact) mass is 114 g/mol. The van der Waals surface area contributed by atoms with Crippen molar-refractivity contribution in [1.29, 1.82) is 0 Å². The second-order valence-corrected chi connectivity index (χ2v) is 1.84. The van der Waals surface area contributed by atoms with Gasteiger partial charge in [-0.25, -0.2) is 4.98 Å². The van der Waals surface area contributed by atoms with Gasteiger partial charge in [-0.15, -0.1) is 11.3 Å². The number of nitrogens with one attached hydrogen (secondary N) is 1. The van der Waals surface area contributed by atoms with Crippen molar-refractivity contribution in [2.75, 3.05) is 12.4 Å². The van der Waals surface area contributed by atoms with Crippen LogP contribution in [0.15, 0.2) is 10.9 Å². The Labute approximate surface area is 46.2 Å². The third-order valence-corrected chi connectivity index (χ3v) is 1.27. The zero-order valence-electron chi connectivity index (χ0n) is 4.01. The van der Waals surface area contributed by atoms with E-state index in [9.17, 15) is 0 Å². The molecular weight excluding hydrogens is 108 g/mol. The second kappa shape index (κ2) is 1.93. The van der Waals surface area contributed by atoms with Crippen LogP contribution in [0.2, 0.25) is 0 Å². The lowest BCUT2D eigenvalue weighted by atomic mass is 10.8. The van der Waals surface area contributed by atoms with Gasteiger partial charge in [-0.2, -0.15) is 0 Å². The fraction of sp³-hybridized carbons (Fsp3) is 0.250. The van der Waals surface area contributed by atoms with Crippen molar-refractivity contribution in [3.8, 4) is 0 Å². The van der Waals surface area contributed by atoms with Crippen LogP contribution >= 0.6 is 11.3 Å². The highest BCUT2D eigenvalue weighted by molar-refractivity contribution is 7.07. The SMILES string of the molecule is CNc1cscn1. The average molecular weight is 114 g/mol. The predicted octanol–water partition coefficient (Wildman–Crippen LogP) is 1.18. The minimum Gasteiger partial charge on any atom is -0.372 e. The van der Waals surface area contributed by atoms with Crippen LogP contribution in [-0.4, -0.2) is 12.0 Å². The molecule has 7 heavy (non-hydrogen) atoms. The number of rotatable bonds is 1. The highest BCUT2D eigenvalue weighted by atomic mass is 32.1. The van der Waals surface area contributed by atoms with Gasteiger partial charge in [-0.3, -0.25) is 0 Å². The van der Waals surface area contributed by atoms with Crippen molar-refractivity contribution in [3.63, 3.8) is 0 Å². The molecular formula is C4H6N2S. The van der Waals surface area contributed by atoms with Crippen LogP contribution in [0.1, 0.15) is 0 Å². The topological polar surface area (TPSA) is 24.9 Å². The Balaban J connectivity index is 2.76. The molecule has 3 heteroatoms. The number of anilines is 1. The third kappa shape index (κ3) is 0.899. The van der Waals surface area contributed by atoms with Gasteiger partial charge in [0.15, 0.2) is 0 Å². The molecule has 0 radical (unpaired) electrons. The largest absolute Gasteiger partial charge is 0.372 e. The smallest absolute Gasteiger partial charge is 0.136 e. The van der Waals surface area contributed by atoms with Crippen LogP contribution in [0.25, 0.3) is 0 Å².